The molecule has 2 atom stereocenters. The van der Waals surface area contributed by atoms with Gasteiger partial charge in [0.05, 0.1) is 60.8 Å². The van der Waals surface area contributed by atoms with Crippen LogP contribution in [0.5, 0.6) is 23.0 Å². The smallest absolute Gasteiger partial charge is 0.329 e. The minimum atomic E-state index is -1.57. The highest BCUT2D eigenvalue weighted by molar-refractivity contribution is 6.01. The van der Waals surface area contributed by atoms with Crippen LogP contribution in [0.3, 0.4) is 0 Å². The predicted octanol–water partition coefficient (Wildman–Crippen LogP) is 10.3. The van der Waals surface area contributed by atoms with Gasteiger partial charge in [0.25, 0.3) is 11.8 Å². The first-order chi connectivity index (χ1) is 36.0. The van der Waals surface area contributed by atoms with Crippen molar-refractivity contribution in [2.45, 2.75) is 77.7 Å². The van der Waals surface area contributed by atoms with E-state index in [4.69, 9.17) is 18.9 Å². The number of benzene rings is 6. The van der Waals surface area contributed by atoms with Crippen LogP contribution in [0.4, 0.5) is 0 Å². The van der Waals surface area contributed by atoms with Crippen LogP contribution < -0.4 is 29.6 Å². The Morgan fingerprint density at radius 1 is 0.560 bits per heavy atom. The lowest BCUT2D eigenvalue weighted by Crippen LogP contribution is -2.53. The molecule has 0 radical (unpaired) electrons. The van der Waals surface area contributed by atoms with Gasteiger partial charge in [-0.2, -0.15) is 0 Å². The van der Waals surface area contributed by atoms with Crippen molar-refractivity contribution in [1.29, 1.82) is 0 Å². The van der Waals surface area contributed by atoms with Crippen LogP contribution in [0.1, 0.15) is 95.6 Å². The van der Waals surface area contributed by atoms with E-state index in [1.807, 2.05) is 144 Å². The van der Waals surface area contributed by atoms with E-state index in [2.05, 4.69) is 44.3 Å². The normalized spacial score (nSPS) is 12.4. The Bertz CT molecular complexity index is 3460. The quantitative estimate of drug-likeness (QED) is 0.0513. The number of carboxylic acids is 1. The lowest BCUT2D eigenvalue weighted by Gasteiger charge is -2.29. The van der Waals surface area contributed by atoms with E-state index in [1.54, 1.807) is 50.7 Å². The highest BCUT2D eigenvalue weighted by Gasteiger charge is 2.37. The summed E-state index contributed by atoms with van der Waals surface area (Å²) in [5, 5.41) is 28.2. The van der Waals surface area contributed by atoms with Gasteiger partial charge < -0.3 is 49.8 Å². The van der Waals surface area contributed by atoms with Crippen molar-refractivity contribution in [2.75, 3.05) is 20.8 Å². The average Bonchev–Trinajstić information content (AvgIpc) is 4.00. The van der Waals surface area contributed by atoms with Crippen molar-refractivity contribution in [3.63, 3.8) is 0 Å². The van der Waals surface area contributed by atoms with Gasteiger partial charge in [0.1, 0.15) is 28.5 Å². The van der Waals surface area contributed by atoms with Gasteiger partial charge in [-0.15, -0.1) is 0 Å². The largest absolute Gasteiger partial charge is 0.495 e. The molecule has 0 saturated heterocycles. The number of carboxylic acid groups (broad SMARTS) is 1. The summed E-state index contributed by atoms with van der Waals surface area (Å²) >= 11 is 0. The Balaban J connectivity index is 0.000000219. The summed E-state index contributed by atoms with van der Waals surface area (Å²) in [5.41, 5.74) is 4.52. The Morgan fingerprint density at radius 2 is 0.987 bits per heavy atom. The fraction of sp³-hybridized carbons (Fsp3) is 0.242. The fourth-order valence-corrected chi connectivity index (χ4v) is 8.39. The molecule has 0 aliphatic carbocycles. The number of hydrogen-bond acceptors (Lipinski definition) is 8. The van der Waals surface area contributed by atoms with Crippen LogP contribution in [0.2, 0.25) is 0 Å². The first-order valence-electron chi connectivity index (χ1n) is 24.5. The third kappa shape index (κ3) is 13.6. The third-order valence-corrected chi connectivity index (χ3v) is 12.2. The number of H-pyrrole nitrogens is 2. The molecule has 13 nitrogen and oxygen atoms in total. The van der Waals surface area contributed by atoms with Crippen LogP contribution >= 0.6 is 0 Å². The second-order valence-electron chi connectivity index (χ2n) is 19.0. The molecule has 0 saturated carbocycles. The number of carbonyl (C=O) groups excluding carboxylic acids is 2. The average molecular weight is 1010 g/mol. The first-order valence-corrected chi connectivity index (χ1v) is 24.5. The molecule has 0 aliphatic rings. The van der Waals surface area contributed by atoms with E-state index in [-0.39, 0.29) is 36.7 Å². The number of aliphatic hydroxyl groups is 1. The number of aromatic amines is 2. The monoisotopic (exact) mass is 1010 g/mol. The molecule has 0 aliphatic heterocycles. The van der Waals surface area contributed by atoms with Crippen LogP contribution in [0, 0.1) is 23.7 Å². The second kappa shape index (κ2) is 24.2. The van der Waals surface area contributed by atoms with E-state index in [0.29, 0.717) is 51.7 Å². The maximum Gasteiger partial charge on any atom is 0.329 e. The van der Waals surface area contributed by atoms with Gasteiger partial charge in [0.15, 0.2) is 0 Å². The van der Waals surface area contributed by atoms with Gasteiger partial charge in [0.2, 0.25) is 0 Å². The number of ether oxygens (including phenoxy) is 4. The number of amides is 2. The van der Waals surface area contributed by atoms with E-state index in [1.165, 1.54) is 6.92 Å². The van der Waals surface area contributed by atoms with Gasteiger partial charge in [-0.3, -0.25) is 9.59 Å². The number of hydrogen-bond donors (Lipinski definition) is 6. The Kier molecular flexibility index (Phi) is 17.4. The molecule has 2 amide bonds. The van der Waals surface area contributed by atoms with Crippen LogP contribution in [0.15, 0.2) is 146 Å². The molecule has 75 heavy (non-hydrogen) atoms. The summed E-state index contributed by atoms with van der Waals surface area (Å²) in [6.07, 6.45) is 3.93. The standard InChI is InChI=1S/C31H30N2O5.C31H32N2O4/c1-20(2)38-28-16-14-21(13-15-22-9-5-8-12-27(22)37-4)17-25(28)29(34)33-31(3,30(35)36)18-23-19-32-26-11-7-6-10-24(23)26;1-21(2)37-29-16-14-22(13-15-23-9-5-8-12-28(23)36-4)17-26(29)30(35)33-31(3,20-34)18-24-19-32-27-11-7-6-10-25(24)27/h5-12,14,16-17,19-20,32H,18H2,1-4H3,(H,33,34)(H,35,36);5-12,14,16-17,19,21,32,34H,18,20H2,1-4H3,(H,33,35). The zero-order valence-corrected chi connectivity index (χ0v) is 43.4. The highest BCUT2D eigenvalue weighted by Crippen LogP contribution is 2.29. The molecular weight excluding hydrogens is 945 g/mol. The highest BCUT2D eigenvalue weighted by atomic mass is 16.5. The lowest BCUT2D eigenvalue weighted by molar-refractivity contribution is -0.143. The van der Waals surface area contributed by atoms with E-state index < -0.39 is 23.0 Å². The molecule has 13 heteroatoms. The van der Waals surface area contributed by atoms with Gasteiger partial charge >= 0.3 is 5.97 Å². The summed E-state index contributed by atoms with van der Waals surface area (Å²) in [7, 11) is 3.19. The minimum absolute atomic E-state index is 0.0890. The van der Waals surface area contributed by atoms with Crippen LogP contribution in [-0.2, 0) is 17.6 Å². The minimum Gasteiger partial charge on any atom is -0.495 e. The van der Waals surface area contributed by atoms with Crippen molar-refractivity contribution in [2.24, 2.45) is 0 Å². The van der Waals surface area contributed by atoms with Crippen molar-refractivity contribution >= 4 is 39.6 Å². The molecular formula is C62H62N4O9. The maximum absolute atomic E-state index is 13.6. The molecule has 384 valence electrons. The van der Waals surface area contributed by atoms with Crippen molar-refractivity contribution in [3.05, 3.63) is 190 Å². The van der Waals surface area contributed by atoms with Crippen molar-refractivity contribution < 1.29 is 43.5 Å². The predicted molar refractivity (Wildman–Crippen MR) is 293 cm³/mol. The Morgan fingerprint density at radius 3 is 1.43 bits per heavy atom. The number of aliphatic carboxylic acids is 1. The van der Waals surface area contributed by atoms with Crippen LogP contribution in [-0.4, -0.2) is 82.1 Å². The topological polar surface area (TPSA) is 184 Å². The molecule has 6 N–H and O–H groups in total. The molecule has 8 aromatic rings. The number of fused-ring (bicyclic) bond motifs is 2. The maximum atomic E-state index is 13.6. The summed E-state index contributed by atoms with van der Waals surface area (Å²) in [6, 6.07) is 40.9. The van der Waals surface area contributed by atoms with Gasteiger partial charge in [-0.1, -0.05) is 84.3 Å². The number of aromatic nitrogens is 2. The summed E-state index contributed by atoms with van der Waals surface area (Å²) in [4.78, 5) is 45.9. The second-order valence-corrected chi connectivity index (χ2v) is 19.0. The number of methoxy groups -OCH3 is 2. The molecule has 6 aromatic carbocycles. The van der Waals surface area contributed by atoms with Crippen molar-refractivity contribution in [1.82, 2.24) is 20.6 Å². The summed E-state index contributed by atoms with van der Waals surface area (Å²) < 4.78 is 22.6. The van der Waals surface area contributed by atoms with E-state index in [9.17, 15) is 24.6 Å². The Hall–Kier alpha value is -8.91. The van der Waals surface area contributed by atoms with Gasteiger partial charge in [0, 0.05) is 51.7 Å². The lowest BCUT2D eigenvalue weighted by atomic mass is 9.92. The number of aliphatic hydroxyl groups excluding tert-OH is 1. The number of nitrogens with one attached hydrogen (secondary N) is 4. The molecule has 0 fully saturated rings. The Labute approximate surface area is 437 Å². The van der Waals surface area contributed by atoms with Gasteiger partial charge in [-0.05, 0) is 132 Å². The summed E-state index contributed by atoms with van der Waals surface area (Å²) in [6.45, 7) is 10.6. The first kappa shape index (κ1) is 53.9. The van der Waals surface area contributed by atoms with E-state index >= 15 is 0 Å². The fourth-order valence-electron chi connectivity index (χ4n) is 8.39. The molecule has 2 heterocycles. The summed E-state index contributed by atoms with van der Waals surface area (Å²) in [5.74, 6) is 12.5. The molecule has 8 rings (SSSR count). The third-order valence-electron chi connectivity index (χ3n) is 12.2. The molecule has 0 spiro atoms. The van der Waals surface area contributed by atoms with Gasteiger partial charge in [-0.25, -0.2) is 4.79 Å². The zero-order valence-electron chi connectivity index (χ0n) is 43.4. The SMILES string of the molecule is COc1ccccc1C#Cc1ccc(OC(C)C)c(C(=O)NC(C)(CO)Cc2c[nH]c3ccccc23)c1.COc1ccccc1C#Cc1ccc(OC(C)C)c(C(=O)NC(C)(Cc2c[nH]c3ccccc23)C(=O)O)c1. The number of carbonyl (C=O) groups is 3. The van der Waals surface area contributed by atoms with E-state index in [0.717, 1.165) is 38.5 Å². The van der Waals surface area contributed by atoms with Crippen LogP contribution in [0.25, 0.3) is 21.8 Å². The molecule has 2 unspecified atom stereocenters. The zero-order chi connectivity index (χ0) is 53.7. The number of rotatable bonds is 16. The number of para-hydroxylation sites is 4. The molecule has 2 aromatic heterocycles. The molecule has 0 bridgehead atoms. The van der Waals surface area contributed by atoms with Crippen molar-refractivity contribution in [3.8, 4) is 46.7 Å².